The van der Waals surface area contributed by atoms with Gasteiger partial charge < -0.3 is 0 Å². The molecule has 0 aliphatic rings. The molecule has 0 bridgehead atoms. The van der Waals surface area contributed by atoms with E-state index in [0.29, 0.717) is 0 Å². The van der Waals surface area contributed by atoms with Crippen LogP contribution in [0.15, 0.2) is 36.4 Å². The third kappa shape index (κ3) is 4.22. The van der Waals surface area contributed by atoms with E-state index < -0.39 is 0 Å². The van der Waals surface area contributed by atoms with Crippen LogP contribution in [0.25, 0.3) is 0 Å². The summed E-state index contributed by atoms with van der Waals surface area (Å²) in [4.78, 5) is 0. The highest BCUT2D eigenvalue weighted by Crippen LogP contribution is 2.27. The Kier molecular flexibility index (Phi) is 5.79. The molecule has 3 aromatic carbocycles. The van der Waals surface area contributed by atoms with E-state index in [0.717, 1.165) is 12.8 Å². The van der Waals surface area contributed by atoms with Crippen molar-refractivity contribution in [3.8, 4) is 0 Å². The molecule has 0 atom stereocenters. The maximum atomic E-state index is 2.38. The van der Waals surface area contributed by atoms with Crippen LogP contribution >= 0.6 is 0 Å². The molecule has 0 aromatic heterocycles. The summed E-state index contributed by atoms with van der Waals surface area (Å²) in [6, 6.07) is 14.0. The van der Waals surface area contributed by atoms with Crippen molar-refractivity contribution >= 4 is 0 Å². The highest BCUT2D eigenvalue weighted by molar-refractivity contribution is 5.48. The van der Waals surface area contributed by atoms with Crippen molar-refractivity contribution in [2.75, 3.05) is 0 Å². The first-order valence-corrected chi connectivity index (χ1v) is 10.4. The molecular weight excluding hydrogens is 336 g/mol. The van der Waals surface area contributed by atoms with Gasteiger partial charge in [-0.05, 0) is 118 Å². The van der Waals surface area contributed by atoms with Crippen LogP contribution in [0, 0.1) is 55.4 Å². The number of hydrogen-bond donors (Lipinski definition) is 0. The molecule has 28 heavy (non-hydrogen) atoms. The predicted octanol–water partition coefficient (Wildman–Crippen LogP) is 7.34. The molecule has 0 saturated heterocycles. The quantitative estimate of drug-likeness (QED) is 0.451. The van der Waals surface area contributed by atoms with Gasteiger partial charge in [0.2, 0.25) is 0 Å². The lowest BCUT2D eigenvalue weighted by atomic mass is 9.87. The minimum Gasteiger partial charge on any atom is -0.0561 e. The molecule has 0 heteroatoms. The Morgan fingerprint density at radius 1 is 0.429 bits per heavy atom. The SMILES string of the molecule is Cc1cc(C)c(Cc2cc(C)cc(Cc3c(C)cc(C)cc3C)c2C)c(C)c1. The van der Waals surface area contributed by atoms with E-state index in [9.17, 15) is 0 Å². The van der Waals surface area contributed by atoms with E-state index >= 15 is 0 Å². The van der Waals surface area contributed by atoms with E-state index in [1.165, 1.54) is 66.8 Å². The standard InChI is InChI=1S/C28H34/c1-17-9-20(4)27(21(5)10-17)15-25-13-19(3)14-26(24(25)8)16-28-22(6)11-18(2)12-23(28)7/h9-14H,15-16H2,1-8H3. The van der Waals surface area contributed by atoms with Gasteiger partial charge in [0, 0.05) is 0 Å². The first-order chi connectivity index (χ1) is 13.2. The van der Waals surface area contributed by atoms with Gasteiger partial charge in [0.25, 0.3) is 0 Å². The van der Waals surface area contributed by atoms with Crippen molar-refractivity contribution in [2.45, 2.75) is 68.2 Å². The van der Waals surface area contributed by atoms with Gasteiger partial charge in [0.15, 0.2) is 0 Å². The van der Waals surface area contributed by atoms with Gasteiger partial charge in [-0.15, -0.1) is 0 Å². The Bertz CT molecular complexity index is 907. The minimum absolute atomic E-state index is 1.02. The number of hydrogen-bond acceptors (Lipinski definition) is 0. The number of aryl methyl sites for hydroxylation is 7. The smallest absolute Gasteiger partial charge is 0.00177 e. The molecule has 0 radical (unpaired) electrons. The zero-order chi connectivity index (χ0) is 20.6. The molecule has 0 nitrogen and oxygen atoms in total. The summed E-state index contributed by atoms with van der Waals surface area (Å²) >= 11 is 0. The molecule has 0 aliphatic heterocycles. The Morgan fingerprint density at radius 3 is 1.04 bits per heavy atom. The van der Waals surface area contributed by atoms with E-state index in [-0.39, 0.29) is 0 Å². The fraction of sp³-hybridized carbons (Fsp3) is 0.357. The summed E-state index contributed by atoms with van der Waals surface area (Å²) in [6.45, 7) is 17.9. The lowest BCUT2D eigenvalue weighted by molar-refractivity contribution is 1.04. The molecule has 0 saturated carbocycles. The topological polar surface area (TPSA) is 0 Å². The van der Waals surface area contributed by atoms with Crippen molar-refractivity contribution in [2.24, 2.45) is 0 Å². The molecule has 0 amide bonds. The lowest BCUT2D eigenvalue weighted by Gasteiger charge is -2.18. The second-order valence-corrected chi connectivity index (χ2v) is 8.82. The monoisotopic (exact) mass is 370 g/mol. The Morgan fingerprint density at radius 2 is 0.714 bits per heavy atom. The number of benzene rings is 3. The van der Waals surface area contributed by atoms with Crippen molar-refractivity contribution in [3.63, 3.8) is 0 Å². The molecular formula is C28H34. The van der Waals surface area contributed by atoms with Crippen LogP contribution in [-0.2, 0) is 12.8 Å². The summed E-state index contributed by atoms with van der Waals surface area (Å²) in [5.74, 6) is 0. The highest BCUT2D eigenvalue weighted by Gasteiger charge is 2.13. The van der Waals surface area contributed by atoms with Crippen LogP contribution in [0.2, 0.25) is 0 Å². The second kappa shape index (κ2) is 7.95. The summed E-state index contributed by atoms with van der Waals surface area (Å²) < 4.78 is 0. The van der Waals surface area contributed by atoms with Crippen molar-refractivity contribution in [1.29, 1.82) is 0 Å². The molecule has 0 heterocycles. The largest absolute Gasteiger partial charge is 0.0561 e. The van der Waals surface area contributed by atoms with Gasteiger partial charge in [0.1, 0.15) is 0 Å². The molecule has 146 valence electrons. The van der Waals surface area contributed by atoms with Crippen LogP contribution < -0.4 is 0 Å². The lowest BCUT2D eigenvalue weighted by Crippen LogP contribution is -2.04. The Balaban J connectivity index is 2.02. The van der Waals surface area contributed by atoms with Crippen molar-refractivity contribution in [3.05, 3.63) is 103 Å². The molecule has 0 aliphatic carbocycles. The van der Waals surface area contributed by atoms with E-state index in [4.69, 9.17) is 0 Å². The first kappa shape index (κ1) is 20.4. The van der Waals surface area contributed by atoms with E-state index in [1.54, 1.807) is 0 Å². The fourth-order valence-electron chi connectivity index (χ4n) is 4.74. The molecule has 3 rings (SSSR count). The third-order valence-electron chi connectivity index (χ3n) is 6.18. The predicted molar refractivity (Wildman–Crippen MR) is 123 cm³/mol. The Labute approximate surface area is 171 Å². The Hall–Kier alpha value is -2.34. The van der Waals surface area contributed by atoms with E-state index in [1.807, 2.05) is 0 Å². The molecule has 3 aromatic rings. The maximum Gasteiger partial charge on any atom is -0.00177 e. The number of rotatable bonds is 4. The van der Waals surface area contributed by atoms with Crippen LogP contribution in [-0.4, -0.2) is 0 Å². The maximum absolute atomic E-state index is 2.38. The van der Waals surface area contributed by atoms with Gasteiger partial charge in [-0.2, -0.15) is 0 Å². The summed E-state index contributed by atoms with van der Waals surface area (Å²) in [6.07, 6.45) is 2.04. The van der Waals surface area contributed by atoms with Gasteiger partial charge in [-0.1, -0.05) is 53.1 Å². The molecule has 0 spiro atoms. The average Bonchev–Trinajstić information content (AvgIpc) is 2.57. The van der Waals surface area contributed by atoms with E-state index in [2.05, 4.69) is 91.8 Å². The van der Waals surface area contributed by atoms with Crippen LogP contribution in [0.3, 0.4) is 0 Å². The first-order valence-electron chi connectivity index (χ1n) is 10.4. The van der Waals surface area contributed by atoms with Gasteiger partial charge in [-0.25, -0.2) is 0 Å². The zero-order valence-corrected chi connectivity index (χ0v) is 18.9. The highest BCUT2D eigenvalue weighted by atomic mass is 14.2. The molecule has 0 fully saturated rings. The molecule has 0 N–H and O–H groups in total. The van der Waals surface area contributed by atoms with Crippen LogP contribution in [0.4, 0.5) is 0 Å². The second-order valence-electron chi connectivity index (χ2n) is 8.82. The third-order valence-corrected chi connectivity index (χ3v) is 6.18. The van der Waals surface area contributed by atoms with Crippen LogP contribution in [0.1, 0.15) is 66.8 Å². The zero-order valence-electron chi connectivity index (χ0n) is 18.9. The molecule has 0 unspecified atom stereocenters. The normalized spacial score (nSPS) is 11.1. The van der Waals surface area contributed by atoms with Gasteiger partial charge >= 0.3 is 0 Å². The summed E-state index contributed by atoms with van der Waals surface area (Å²) in [5.41, 5.74) is 17.0. The van der Waals surface area contributed by atoms with Gasteiger partial charge in [0.05, 0.1) is 0 Å². The summed E-state index contributed by atoms with van der Waals surface area (Å²) in [7, 11) is 0. The minimum atomic E-state index is 1.02. The van der Waals surface area contributed by atoms with Crippen molar-refractivity contribution in [1.82, 2.24) is 0 Å². The summed E-state index contributed by atoms with van der Waals surface area (Å²) in [5, 5.41) is 0. The van der Waals surface area contributed by atoms with Gasteiger partial charge in [-0.3, -0.25) is 0 Å². The fourth-order valence-corrected chi connectivity index (χ4v) is 4.74. The van der Waals surface area contributed by atoms with Crippen molar-refractivity contribution < 1.29 is 0 Å². The average molecular weight is 371 g/mol. The van der Waals surface area contributed by atoms with Crippen LogP contribution in [0.5, 0.6) is 0 Å².